The van der Waals surface area contributed by atoms with Crippen LogP contribution in [0.2, 0.25) is 0 Å². The number of alkyl halides is 1. The molecule has 0 amide bonds. The molecule has 0 aromatic heterocycles. The first kappa shape index (κ1) is 11.6. The van der Waals surface area contributed by atoms with E-state index in [1.165, 1.54) is 0 Å². The first-order valence-electron chi connectivity index (χ1n) is 4.34. The van der Waals surface area contributed by atoms with Crippen LogP contribution in [0.1, 0.15) is 18.4 Å². The van der Waals surface area contributed by atoms with Crippen LogP contribution in [0.3, 0.4) is 0 Å². The second kappa shape index (κ2) is 5.39. The Labute approximate surface area is 89.3 Å². The normalized spacial score (nSPS) is 10.6. The first-order chi connectivity index (χ1) is 6.65. The molecule has 0 N–H and O–H groups in total. The summed E-state index contributed by atoms with van der Waals surface area (Å²) in [6, 6.07) is 2.10. The molecule has 0 saturated carbocycles. The molecule has 0 spiro atoms. The van der Waals surface area contributed by atoms with Crippen molar-refractivity contribution in [2.75, 3.05) is 5.33 Å². The smallest absolute Gasteiger partial charge is 0.194 e. The summed E-state index contributed by atoms with van der Waals surface area (Å²) >= 11 is 3.26. The highest BCUT2D eigenvalue weighted by molar-refractivity contribution is 9.09. The summed E-state index contributed by atoms with van der Waals surface area (Å²) in [6.07, 6.45) is 2.33. The molecular weight excluding hydrogens is 257 g/mol. The maximum absolute atomic E-state index is 12.7. The van der Waals surface area contributed by atoms with Crippen molar-refractivity contribution in [1.29, 1.82) is 0 Å². The summed E-state index contributed by atoms with van der Waals surface area (Å²) in [7, 11) is 0. The maximum Gasteiger partial charge on any atom is 0.194 e. The van der Waals surface area contributed by atoms with E-state index in [1.54, 1.807) is 0 Å². The summed E-state index contributed by atoms with van der Waals surface area (Å²) in [5.74, 6) is -3.62. The minimum atomic E-state index is -1.39. The molecule has 0 fully saturated rings. The molecule has 1 rings (SSSR count). The SMILES string of the molecule is Fc1cc(CCCCBr)cc(F)c1F. The van der Waals surface area contributed by atoms with Crippen LogP contribution >= 0.6 is 15.9 Å². The Bertz CT molecular complexity index is 289. The fourth-order valence-electron chi connectivity index (χ4n) is 1.18. The lowest BCUT2D eigenvalue weighted by Gasteiger charge is -2.02. The zero-order valence-electron chi connectivity index (χ0n) is 7.49. The van der Waals surface area contributed by atoms with E-state index in [1.807, 2.05) is 0 Å². The van der Waals surface area contributed by atoms with E-state index >= 15 is 0 Å². The Morgan fingerprint density at radius 3 is 2.07 bits per heavy atom. The van der Waals surface area contributed by atoms with E-state index in [9.17, 15) is 13.2 Å². The van der Waals surface area contributed by atoms with E-state index in [-0.39, 0.29) is 0 Å². The molecule has 0 saturated heterocycles. The van der Waals surface area contributed by atoms with Gasteiger partial charge in [0.2, 0.25) is 0 Å². The third kappa shape index (κ3) is 3.01. The van der Waals surface area contributed by atoms with Crippen LogP contribution in [-0.2, 0) is 6.42 Å². The molecule has 0 heterocycles. The number of unbranched alkanes of at least 4 members (excludes halogenated alkanes) is 1. The molecule has 0 nitrogen and oxygen atoms in total. The average molecular weight is 267 g/mol. The van der Waals surface area contributed by atoms with E-state index in [4.69, 9.17) is 0 Å². The highest BCUT2D eigenvalue weighted by Gasteiger charge is 2.09. The lowest BCUT2D eigenvalue weighted by molar-refractivity contribution is 0.445. The van der Waals surface area contributed by atoms with Gasteiger partial charge in [-0.2, -0.15) is 0 Å². The fraction of sp³-hybridized carbons (Fsp3) is 0.400. The number of hydrogen-bond donors (Lipinski definition) is 0. The average Bonchev–Trinajstić information content (AvgIpc) is 2.14. The highest BCUT2D eigenvalue weighted by Crippen LogP contribution is 2.15. The zero-order chi connectivity index (χ0) is 10.6. The van der Waals surface area contributed by atoms with Gasteiger partial charge >= 0.3 is 0 Å². The molecule has 4 heteroatoms. The molecule has 78 valence electrons. The Kier molecular flexibility index (Phi) is 4.45. The molecule has 0 aliphatic carbocycles. The van der Waals surface area contributed by atoms with Gasteiger partial charge in [0.05, 0.1) is 0 Å². The summed E-state index contributed by atoms with van der Waals surface area (Å²) < 4.78 is 38.0. The van der Waals surface area contributed by atoms with E-state index in [2.05, 4.69) is 15.9 Å². The lowest BCUT2D eigenvalue weighted by atomic mass is 10.1. The van der Waals surface area contributed by atoms with Gasteiger partial charge in [-0.3, -0.25) is 0 Å². The number of halogens is 4. The Balaban J connectivity index is 2.69. The summed E-state index contributed by atoms with van der Waals surface area (Å²) in [6.45, 7) is 0. The molecule has 1 aromatic carbocycles. The zero-order valence-corrected chi connectivity index (χ0v) is 9.08. The van der Waals surface area contributed by atoms with Gasteiger partial charge in [-0.25, -0.2) is 13.2 Å². The van der Waals surface area contributed by atoms with Crippen molar-refractivity contribution in [3.05, 3.63) is 35.1 Å². The molecular formula is C10H10BrF3. The fourth-order valence-corrected chi connectivity index (χ4v) is 1.57. The van der Waals surface area contributed by atoms with Crippen molar-refractivity contribution in [3.8, 4) is 0 Å². The molecule has 0 aliphatic rings. The van der Waals surface area contributed by atoms with Crippen molar-refractivity contribution >= 4 is 15.9 Å². The van der Waals surface area contributed by atoms with Crippen LogP contribution < -0.4 is 0 Å². The highest BCUT2D eigenvalue weighted by atomic mass is 79.9. The summed E-state index contributed by atoms with van der Waals surface area (Å²) in [5.41, 5.74) is 0.502. The van der Waals surface area contributed by atoms with Crippen LogP contribution in [0, 0.1) is 17.5 Å². The molecule has 0 radical (unpaired) electrons. The van der Waals surface area contributed by atoms with Crippen LogP contribution in [0.15, 0.2) is 12.1 Å². The van der Waals surface area contributed by atoms with Gasteiger partial charge in [0, 0.05) is 5.33 Å². The van der Waals surface area contributed by atoms with Crippen molar-refractivity contribution in [1.82, 2.24) is 0 Å². The standard InChI is InChI=1S/C10H10BrF3/c11-4-2-1-3-7-5-8(12)10(14)9(13)6-7/h5-6H,1-4H2. The summed E-state index contributed by atoms with van der Waals surface area (Å²) in [4.78, 5) is 0. The van der Waals surface area contributed by atoms with Crippen molar-refractivity contribution in [2.24, 2.45) is 0 Å². The second-order valence-electron chi connectivity index (χ2n) is 3.02. The van der Waals surface area contributed by atoms with Crippen LogP contribution in [-0.4, -0.2) is 5.33 Å². The van der Waals surface area contributed by atoms with Gasteiger partial charge < -0.3 is 0 Å². The van der Waals surface area contributed by atoms with Gasteiger partial charge in [-0.15, -0.1) is 0 Å². The minimum Gasteiger partial charge on any atom is -0.204 e. The van der Waals surface area contributed by atoms with E-state index in [0.29, 0.717) is 12.0 Å². The van der Waals surface area contributed by atoms with Gasteiger partial charge in [0.15, 0.2) is 17.5 Å². The number of aryl methyl sites for hydroxylation is 1. The molecule has 14 heavy (non-hydrogen) atoms. The van der Waals surface area contributed by atoms with Gasteiger partial charge in [-0.05, 0) is 37.0 Å². The van der Waals surface area contributed by atoms with Crippen LogP contribution in [0.4, 0.5) is 13.2 Å². The Hall–Kier alpha value is -0.510. The van der Waals surface area contributed by atoms with E-state index < -0.39 is 17.5 Å². The molecule has 0 atom stereocenters. The predicted octanol–water partition coefficient (Wildman–Crippen LogP) is 3.82. The summed E-state index contributed by atoms with van der Waals surface area (Å²) in [5, 5.41) is 0.860. The number of benzene rings is 1. The van der Waals surface area contributed by atoms with Crippen molar-refractivity contribution in [2.45, 2.75) is 19.3 Å². The van der Waals surface area contributed by atoms with Crippen LogP contribution in [0.25, 0.3) is 0 Å². The lowest BCUT2D eigenvalue weighted by Crippen LogP contribution is -1.95. The molecule has 0 aliphatic heterocycles. The second-order valence-corrected chi connectivity index (χ2v) is 3.81. The van der Waals surface area contributed by atoms with Crippen molar-refractivity contribution < 1.29 is 13.2 Å². The third-order valence-electron chi connectivity index (χ3n) is 1.89. The predicted molar refractivity (Wildman–Crippen MR) is 53.0 cm³/mol. The monoisotopic (exact) mass is 266 g/mol. The van der Waals surface area contributed by atoms with Gasteiger partial charge in [0.25, 0.3) is 0 Å². The Morgan fingerprint density at radius 1 is 1.00 bits per heavy atom. The topological polar surface area (TPSA) is 0 Å². The Morgan fingerprint density at radius 2 is 1.57 bits per heavy atom. The van der Waals surface area contributed by atoms with Crippen molar-refractivity contribution in [3.63, 3.8) is 0 Å². The van der Waals surface area contributed by atoms with Gasteiger partial charge in [-0.1, -0.05) is 15.9 Å². The number of hydrogen-bond acceptors (Lipinski definition) is 0. The quantitative estimate of drug-likeness (QED) is 0.442. The van der Waals surface area contributed by atoms with Crippen LogP contribution in [0.5, 0.6) is 0 Å². The third-order valence-corrected chi connectivity index (χ3v) is 2.45. The van der Waals surface area contributed by atoms with E-state index in [0.717, 1.165) is 30.3 Å². The largest absolute Gasteiger partial charge is 0.204 e. The molecule has 0 bridgehead atoms. The molecule has 0 unspecified atom stereocenters. The van der Waals surface area contributed by atoms with Gasteiger partial charge in [0.1, 0.15) is 0 Å². The number of rotatable bonds is 4. The maximum atomic E-state index is 12.7. The minimum absolute atomic E-state index is 0.502. The molecule has 1 aromatic rings. The first-order valence-corrected chi connectivity index (χ1v) is 5.46.